The van der Waals surface area contributed by atoms with Gasteiger partial charge in [-0.05, 0) is 25.2 Å². The van der Waals surface area contributed by atoms with Gasteiger partial charge in [-0.1, -0.05) is 12.1 Å². The highest BCUT2D eigenvalue weighted by molar-refractivity contribution is 5.74. The third-order valence-electron chi connectivity index (χ3n) is 4.76. The molecular weight excluding hydrogens is 320 g/mol. The lowest BCUT2D eigenvalue weighted by Crippen LogP contribution is -2.47. The van der Waals surface area contributed by atoms with Gasteiger partial charge < -0.3 is 19.3 Å². The smallest absolute Gasteiger partial charge is 0.317 e. The first kappa shape index (κ1) is 17.4. The van der Waals surface area contributed by atoms with Crippen molar-refractivity contribution < 1.29 is 9.32 Å². The SMILES string of the molecule is CC[C@H](NC(=O)N1CCC[C@H](Cc2nccn2C)C1)c1noc(C)n1. The molecule has 2 atom stereocenters. The number of aryl methyl sites for hydroxylation is 2. The molecule has 3 rings (SSSR count). The van der Waals surface area contributed by atoms with Crippen LogP contribution in [0, 0.1) is 12.8 Å². The van der Waals surface area contributed by atoms with Gasteiger partial charge in [0.2, 0.25) is 5.89 Å². The summed E-state index contributed by atoms with van der Waals surface area (Å²) in [6.07, 6.45) is 7.53. The molecule has 25 heavy (non-hydrogen) atoms. The van der Waals surface area contributed by atoms with Crippen LogP contribution in [-0.4, -0.2) is 43.7 Å². The maximum absolute atomic E-state index is 12.7. The van der Waals surface area contributed by atoms with Crippen LogP contribution in [0.25, 0.3) is 0 Å². The number of carbonyl (C=O) groups is 1. The molecule has 0 unspecified atom stereocenters. The van der Waals surface area contributed by atoms with E-state index in [4.69, 9.17) is 4.52 Å². The fraction of sp³-hybridized carbons (Fsp3) is 0.647. The summed E-state index contributed by atoms with van der Waals surface area (Å²) in [6, 6.07) is -0.279. The number of amides is 2. The number of likely N-dealkylation sites (tertiary alicyclic amines) is 1. The average molecular weight is 346 g/mol. The lowest BCUT2D eigenvalue weighted by atomic mass is 9.94. The predicted molar refractivity (Wildman–Crippen MR) is 91.8 cm³/mol. The van der Waals surface area contributed by atoms with Crippen LogP contribution in [0.2, 0.25) is 0 Å². The molecule has 136 valence electrons. The van der Waals surface area contributed by atoms with E-state index in [0.29, 0.717) is 17.6 Å². The lowest BCUT2D eigenvalue weighted by molar-refractivity contribution is 0.160. The van der Waals surface area contributed by atoms with Crippen molar-refractivity contribution in [1.29, 1.82) is 0 Å². The molecule has 0 aliphatic carbocycles. The van der Waals surface area contributed by atoms with Crippen LogP contribution in [0.15, 0.2) is 16.9 Å². The van der Waals surface area contributed by atoms with Crippen molar-refractivity contribution in [3.63, 3.8) is 0 Å². The number of rotatable bonds is 5. The summed E-state index contributed by atoms with van der Waals surface area (Å²) in [5.41, 5.74) is 0. The molecule has 0 spiro atoms. The number of hydrogen-bond acceptors (Lipinski definition) is 5. The molecule has 2 amide bonds. The van der Waals surface area contributed by atoms with Gasteiger partial charge in [0.25, 0.3) is 0 Å². The monoisotopic (exact) mass is 346 g/mol. The highest BCUT2D eigenvalue weighted by atomic mass is 16.5. The number of aromatic nitrogens is 4. The molecule has 0 aromatic carbocycles. The van der Waals surface area contributed by atoms with Crippen molar-refractivity contribution in [3.05, 3.63) is 29.9 Å². The van der Waals surface area contributed by atoms with E-state index in [9.17, 15) is 4.79 Å². The first-order chi connectivity index (χ1) is 12.1. The molecule has 0 bridgehead atoms. The summed E-state index contributed by atoms with van der Waals surface area (Å²) >= 11 is 0. The van der Waals surface area contributed by atoms with E-state index in [1.807, 2.05) is 35.8 Å². The first-order valence-corrected chi connectivity index (χ1v) is 8.88. The van der Waals surface area contributed by atoms with Crippen LogP contribution < -0.4 is 5.32 Å². The first-order valence-electron chi connectivity index (χ1n) is 8.88. The third-order valence-corrected chi connectivity index (χ3v) is 4.76. The fourth-order valence-corrected chi connectivity index (χ4v) is 3.31. The number of nitrogens with zero attached hydrogens (tertiary/aromatic N) is 5. The van der Waals surface area contributed by atoms with Crippen molar-refractivity contribution in [2.75, 3.05) is 13.1 Å². The minimum absolute atomic E-state index is 0.0566. The van der Waals surface area contributed by atoms with E-state index < -0.39 is 0 Å². The quantitative estimate of drug-likeness (QED) is 0.897. The number of nitrogens with one attached hydrogen (secondary N) is 1. The van der Waals surface area contributed by atoms with Crippen molar-refractivity contribution in [3.8, 4) is 0 Å². The molecule has 2 aromatic rings. The predicted octanol–water partition coefficient (Wildman–Crippen LogP) is 2.23. The Hall–Kier alpha value is -2.38. The Balaban J connectivity index is 1.58. The van der Waals surface area contributed by atoms with E-state index in [1.54, 1.807) is 6.92 Å². The molecule has 8 heteroatoms. The molecule has 0 saturated carbocycles. The molecular formula is C17H26N6O2. The van der Waals surface area contributed by atoms with Gasteiger partial charge in [-0.25, -0.2) is 9.78 Å². The van der Waals surface area contributed by atoms with Crippen LogP contribution in [0.1, 0.15) is 49.8 Å². The van der Waals surface area contributed by atoms with Gasteiger partial charge in [0.1, 0.15) is 5.82 Å². The van der Waals surface area contributed by atoms with Gasteiger partial charge in [-0.3, -0.25) is 0 Å². The van der Waals surface area contributed by atoms with Gasteiger partial charge in [-0.15, -0.1) is 0 Å². The van der Waals surface area contributed by atoms with Gasteiger partial charge in [0, 0.05) is 45.9 Å². The second kappa shape index (κ2) is 7.67. The lowest BCUT2D eigenvalue weighted by Gasteiger charge is -2.33. The minimum Gasteiger partial charge on any atom is -0.340 e. The Morgan fingerprint density at radius 2 is 2.36 bits per heavy atom. The number of piperidine rings is 1. The van der Waals surface area contributed by atoms with Crippen LogP contribution in [0.3, 0.4) is 0 Å². The number of hydrogen-bond donors (Lipinski definition) is 1. The topological polar surface area (TPSA) is 89.1 Å². The molecule has 1 N–H and O–H groups in total. The largest absolute Gasteiger partial charge is 0.340 e. The summed E-state index contributed by atoms with van der Waals surface area (Å²) in [7, 11) is 2.01. The van der Waals surface area contributed by atoms with Crippen molar-refractivity contribution >= 4 is 6.03 Å². The minimum atomic E-state index is -0.222. The zero-order valence-corrected chi connectivity index (χ0v) is 15.1. The van der Waals surface area contributed by atoms with Crippen LogP contribution in [0.5, 0.6) is 0 Å². The Morgan fingerprint density at radius 3 is 3.00 bits per heavy atom. The highest BCUT2D eigenvalue weighted by Gasteiger charge is 2.27. The van der Waals surface area contributed by atoms with Gasteiger partial charge in [0.05, 0.1) is 6.04 Å². The molecule has 0 radical (unpaired) electrons. The normalized spacial score (nSPS) is 19.0. The van der Waals surface area contributed by atoms with Gasteiger partial charge in [-0.2, -0.15) is 4.98 Å². The molecule has 1 aliphatic heterocycles. The van der Waals surface area contributed by atoms with Crippen molar-refractivity contribution in [2.45, 2.75) is 45.6 Å². The fourth-order valence-electron chi connectivity index (χ4n) is 3.31. The van der Waals surface area contributed by atoms with Gasteiger partial charge >= 0.3 is 6.03 Å². The van der Waals surface area contributed by atoms with E-state index in [0.717, 1.165) is 44.6 Å². The van der Waals surface area contributed by atoms with Crippen LogP contribution >= 0.6 is 0 Å². The summed E-state index contributed by atoms with van der Waals surface area (Å²) in [6.45, 7) is 5.28. The summed E-state index contributed by atoms with van der Waals surface area (Å²) in [5.74, 6) is 2.56. The number of imidazole rings is 1. The van der Waals surface area contributed by atoms with Crippen LogP contribution in [0.4, 0.5) is 4.79 Å². The highest BCUT2D eigenvalue weighted by Crippen LogP contribution is 2.21. The molecule has 1 aliphatic rings. The Kier molecular flexibility index (Phi) is 5.35. The van der Waals surface area contributed by atoms with E-state index in [2.05, 4.69) is 20.4 Å². The van der Waals surface area contributed by atoms with E-state index >= 15 is 0 Å². The molecule has 1 saturated heterocycles. The summed E-state index contributed by atoms with van der Waals surface area (Å²) < 4.78 is 7.07. The number of carbonyl (C=O) groups excluding carboxylic acids is 1. The van der Waals surface area contributed by atoms with Crippen LogP contribution in [-0.2, 0) is 13.5 Å². The van der Waals surface area contributed by atoms with E-state index in [-0.39, 0.29) is 12.1 Å². The second-order valence-electron chi connectivity index (χ2n) is 6.69. The Bertz CT molecular complexity index is 710. The molecule has 2 aromatic heterocycles. The molecule has 1 fully saturated rings. The van der Waals surface area contributed by atoms with Crippen molar-refractivity contribution in [2.24, 2.45) is 13.0 Å². The molecule has 8 nitrogen and oxygen atoms in total. The number of urea groups is 1. The second-order valence-corrected chi connectivity index (χ2v) is 6.69. The average Bonchev–Trinajstić information content (AvgIpc) is 3.21. The zero-order valence-electron chi connectivity index (χ0n) is 15.1. The van der Waals surface area contributed by atoms with Crippen molar-refractivity contribution in [1.82, 2.24) is 29.9 Å². The zero-order chi connectivity index (χ0) is 17.8. The Morgan fingerprint density at radius 1 is 1.52 bits per heavy atom. The Labute approximate surface area is 147 Å². The van der Waals surface area contributed by atoms with Gasteiger partial charge in [0.15, 0.2) is 5.82 Å². The standard InChI is InChI=1S/C17H26N6O2/c1-4-14(16-19-12(2)25-21-16)20-17(24)23-8-5-6-13(11-23)10-15-18-7-9-22(15)3/h7,9,13-14H,4-6,8,10-11H2,1-3H3,(H,20,24)/t13-,14+/m1/s1. The third kappa shape index (κ3) is 4.18. The summed E-state index contributed by atoms with van der Waals surface area (Å²) in [4.78, 5) is 23.2. The van der Waals surface area contributed by atoms with E-state index in [1.165, 1.54) is 0 Å². The molecule has 3 heterocycles. The maximum Gasteiger partial charge on any atom is 0.317 e. The summed E-state index contributed by atoms with van der Waals surface area (Å²) in [5, 5.41) is 6.97. The maximum atomic E-state index is 12.7.